The van der Waals surface area contributed by atoms with E-state index in [9.17, 15) is 9.59 Å². The third-order valence-corrected chi connectivity index (χ3v) is 6.64. The van der Waals surface area contributed by atoms with Gasteiger partial charge in [-0.1, -0.05) is 30.8 Å². The van der Waals surface area contributed by atoms with Gasteiger partial charge in [0.2, 0.25) is 5.91 Å². The molecule has 2 aliphatic rings. The van der Waals surface area contributed by atoms with Crippen LogP contribution < -0.4 is 14.8 Å². The topological polar surface area (TPSA) is 80.2 Å². The fourth-order valence-electron chi connectivity index (χ4n) is 3.91. The molecule has 2 amide bonds. The van der Waals surface area contributed by atoms with Crippen molar-refractivity contribution < 1.29 is 19.1 Å². The van der Waals surface area contributed by atoms with Crippen molar-refractivity contribution in [1.82, 2.24) is 5.01 Å². The Balaban J connectivity index is 1.50. The number of nitrogens with one attached hydrogen (secondary N) is 1. The third kappa shape index (κ3) is 5.87. The molecular formula is C25H29N3O4S. The molecule has 1 fully saturated rings. The second-order valence-electron chi connectivity index (χ2n) is 8.15. The number of ether oxygens (including phenoxy) is 2. The van der Waals surface area contributed by atoms with Gasteiger partial charge in [-0.15, -0.1) is 0 Å². The van der Waals surface area contributed by atoms with Crippen LogP contribution in [0.1, 0.15) is 50.2 Å². The number of rotatable bonds is 8. The van der Waals surface area contributed by atoms with E-state index in [0.29, 0.717) is 24.5 Å². The molecular weight excluding hydrogens is 438 g/mol. The van der Waals surface area contributed by atoms with Crippen LogP contribution in [0.15, 0.2) is 47.6 Å². The van der Waals surface area contributed by atoms with Gasteiger partial charge in [-0.3, -0.25) is 9.59 Å². The lowest BCUT2D eigenvalue weighted by atomic mass is 10.1. The summed E-state index contributed by atoms with van der Waals surface area (Å²) in [7, 11) is 1.64. The summed E-state index contributed by atoms with van der Waals surface area (Å²) in [6, 6.07) is 13.3. The number of hydrazone groups is 1. The minimum absolute atomic E-state index is 0.0321. The average molecular weight is 468 g/mol. The monoisotopic (exact) mass is 467 g/mol. The number of thioether (sulfide) groups is 1. The van der Waals surface area contributed by atoms with Crippen LogP contribution in [0, 0.1) is 0 Å². The highest BCUT2D eigenvalue weighted by molar-refractivity contribution is 8.14. The lowest BCUT2D eigenvalue weighted by Crippen LogP contribution is -2.29. The van der Waals surface area contributed by atoms with Gasteiger partial charge in [0, 0.05) is 23.4 Å². The van der Waals surface area contributed by atoms with Gasteiger partial charge in [0.15, 0.2) is 11.5 Å². The maximum atomic E-state index is 12.5. The molecule has 1 aliphatic carbocycles. The first-order valence-electron chi connectivity index (χ1n) is 11.3. The second kappa shape index (κ2) is 10.7. The molecule has 0 bridgehead atoms. The molecule has 8 heteroatoms. The molecule has 0 radical (unpaired) electrons. The Morgan fingerprint density at radius 2 is 1.91 bits per heavy atom. The maximum Gasteiger partial charge on any atom is 0.302 e. The van der Waals surface area contributed by atoms with E-state index in [2.05, 4.69) is 10.4 Å². The van der Waals surface area contributed by atoms with E-state index < -0.39 is 0 Å². The fourth-order valence-corrected chi connectivity index (χ4v) is 4.65. The summed E-state index contributed by atoms with van der Waals surface area (Å²) in [5.41, 5.74) is 3.42. The molecule has 7 nitrogen and oxygen atoms in total. The van der Waals surface area contributed by atoms with Gasteiger partial charge in [-0.25, -0.2) is 5.01 Å². The molecule has 33 heavy (non-hydrogen) atoms. The number of carbonyl (C=O) groups is 2. The predicted molar refractivity (Wildman–Crippen MR) is 131 cm³/mol. The van der Waals surface area contributed by atoms with Gasteiger partial charge < -0.3 is 14.8 Å². The molecule has 2 aromatic rings. The van der Waals surface area contributed by atoms with E-state index in [1.54, 1.807) is 7.11 Å². The first-order chi connectivity index (χ1) is 16.1. The van der Waals surface area contributed by atoms with Gasteiger partial charge in [0.05, 0.1) is 25.5 Å². The van der Waals surface area contributed by atoms with Crippen molar-refractivity contribution in [3.8, 4) is 11.5 Å². The van der Waals surface area contributed by atoms with E-state index in [-0.39, 0.29) is 17.3 Å². The van der Waals surface area contributed by atoms with Crippen molar-refractivity contribution in [2.75, 3.05) is 18.2 Å². The maximum absolute atomic E-state index is 12.5. The average Bonchev–Trinajstić information content (AvgIpc) is 3.34. The van der Waals surface area contributed by atoms with Crippen molar-refractivity contribution in [1.29, 1.82) is 0 Å². The van der Waals surface area contributed by atoms with Crippen molar-refractivity contribution in [2.24, 2.45) is 5.10 Å². The Morgan fingerprint density at radius 3 is 2.61 bits per heavy atom. The normalized spacial score (nSPS) is 16.5. The van der Waals surface area contributed by atoms with Crippen LogP contribution in [0.3, 0.4) is 0 Å². The quantitative estimate of drug-likeness (QED) is 0.559. The fraction of sp³-hybridized carbons (Fsp3) is 0.400. The molecule has 174 valence electrons. The standard InChI is InChI=1S/C25H29N3O4S/c1-3-24(29)26-19-11-8-17(9-12-19)15-28-25(30)33-16-21(27-28)18-10-13-22(31-2)23(14-18)32-20-6-4-5-7-20/h8-14,20H,3-7,15-16H2,1-2H3,(H,26,29). The first kappa shape index (κ1) is 23.2. The zero-order valence-corrected chi connectivity index (χ0v) is 19.8. The van der Waals surface area contributed by atoms with Crippen LogP contribution >= 0.6 is 11.8 Å². The predicted octanol–water partition coefficient (Wildman–Crippen LogP) is 5.44. The third-order valence-electron chi connectivity index (χ3n) is 5.77. The summed E-state index contributed by atoms with van der Waals surface area (Å²) in [4.78, 5) is 24.1. The van der Waals surface area contributed by atoms with E-state index in [0.717, 1.165) is 41.1 Å². The summed E-state index contributed by atoms with van der Waals surface area (Å²) >= 11 is 1.24. The summed E-state index contributed by atoms with van der Waals surface area (Å²) in [6.07, 6.45) is 5.16. The van der Waals surface area contributed by atoms with Crippen LogP contribution in [0.5, 0.6) is 11.5 Å². The molecule has 0 atom stereocenters. The van der Waals surface area contributed by atoms with Crippen molar-refractivity contribution in [2.45, 2.75) is 51.7 Å². The smallest absolute Gasteiger partial charge is 0.302 e. The minimum Gasteiger partial charge on any atom is -0.493 e. The van der Waals surface area contributed by atoms with Crippen LogP contribution in [0.4, 0.5) is 10.5 Å². The van der Waals surface area contributed by atoms with Gasteiger partial charge in [-0.05, 0) is 61.6 Å². The molecule has 1 heterocycles. The number of methoxy groups -OCH3 is 1. The molecule has 1 aliphatic heterocycles. The van der Waals surface area contributed by atoms with Crippen molar-refractivity contribution in [3.05, 3.63) is 53.6 Å². The number of nitrogens with zero attached hydrogens (tertiary/aromatic N) is 2. The SMILES string of the molecule is CCC(=O)Nc1ccc(CN2N=C(c3ccc(OC)c(OC4CCCC4)c3)CSC2=O)cc1. The van der Waals surface area contributed by atoms with Crippen molar-refractivity contribution in [3.63, 3.8) is 0 Å². The minimum atomic E-state index is -0.0851. The van der Waals surface area contributed by atoms with Crippen molar-refractivity contribution >= 4 is 34.3 Å². The molecule has 0 unspecified atom stereocenters. The molecule has 0 saturated heterocycles. The Hall–Kier alpha value is -3.00. The lowest BCUT2D eigenvalue weighted by molar-refractivity contribution is -0.115. The summed E-state index contributed by atoms with van der Waals surface area (Å²) in [6.45, 7) is 2.17. The Kier molecular flexibility index (Phi) is 7.54. The van der Waals surface area contributed by atoms with Crippen LogP contribution in [0.25, 0.3) is 0 Å². The molecule has 0 aromatic heterocycles. The molecule has 1 N–H and O–H groups in total. The van der Waals surface area contributed by atoms with E-state index in [4.69, 9.17) is 9.47 Å². The van der Waals surface area contributed by atoms with Crippen LogP contribution in [-0.2, 0) is 11.3 Å². The number of benzene rings is 2. The zero-order valence-electron chi connectivity index (χ0n) is 19.0. The summed E-state index contributed by atoms with van der Waals surface area (Å²) in [5.74, 6) is 1.91. The largest absolute Gasteiger partial charge is 0.493 e. The highest BCUT2D eigenvalue weighted by atomic mass is 32.2. The number of anilines is 1. The van der Waals surface area contributed by atoms with E-state index >= 15 is 0 Å². The van der Waals surface area contributed by atoms with Gasteiger partial charge in [0.25, 0.3) is 0 Å². The lowest BCUT2D eigenvalue weighted by Gasteiger charge is -2.24. The van der Waals surface area contributed by atoms with Gasteiger partial charge in [0.1, 0.15) is 0 Å². The van der Waals surface area contributed by atoms with Crippen LogP contribution in [0.2, 0.25) is 0 Å². The molecule has 2 aromatic carbocycles. The Bertz CT molecular complexity index is 1030. The Labute approximate surface area is 198 Å². The molecule has 1 saturated carbocycles. The number of amides is 2. The van der Waals surface area contributed by atoms with Crippen LogP contribution in [-0.4, -0.2) is 40.8 Å². The molecule has 4 rings (SSSR count). The second-order valence-corrected chi connectivity index (χ2v) is 9.07. The molecule has 0 spiro atoms. The van der Waals surface area contributed by atoms with E-state index in [1.165, 1.54) is 29.6 Å². The summed E-state index contributed by atoms with van der Waals surface area (Å²) in [5, 5.41) is 8.89. The highest BCUT2D eigenvalue weighted by Crippen LogP contribution is 2.33. The van der Waals surface area contributed by atoms with Gasteiger partial charge in [-0.2, -0.15) is 5.10 Å². The first-order valence-corrected chi connectivity index (χ1v) is 12.3. The van der Waals surface area contributed by atoms with Gasteiger partial charge >= 0.3 is 5.24 Å². The van der Waals surface area contributed by atoms with E-state index in [1.807, 2.05) is 49.4 Å². The zero-order chi connectivity index (χ0) is 23.2. The number of carbonyl (C=O) groups excluding carboxylic acids is 2. The Morgan fingerprint density at radius 1 is 1.15 bits per heavy atom. The number of hydrogen-bond donors (Lipinski definition) is 1. The summed E-state index contributed by atoms with van der Waals surface area (Å²) < 4.78 is 11.7. The highest BCUT2D eigenvalue weighted by Gasteiger charge is 2.24. The number of hydrogen-bond acceptors (Lipinski definition) is 6.